The summed E-state index contributed by atoms with van der Waals surface area (Å²) in [5.74, 6) is 1.39. The summed E-state index contributed by atoms with van der Waals surface area (Å²) < 4.78 is 22.4. The predicted molar refractivity (Wildman–Crippen MR) is 101 cm³/mol. The van der Waals surface area contributed by atoms with Crippen molar-refractivity contribution in [2.75, 3.05) is 6.79 Å². The number of aryl methyl sites for hydroxylation is 1. The monoisotopic (exact) mass is 384 g/mol. The number of benzene rings is 2. The Kier molecular flexibility index (Phi) is 4.06. The molecule has 0 saturated carbocycles. The number of fused-ring (bicyclic) bond motifs is 4. The minimum absolute atomic E-state index is 0.216. The van der Waals surface area contributed by atoms with E-state index in [1.54, 1.807) is 6.07 Å². The predicted octanol–water partition coefficient (Wildman–Crippen LogP) is 4.38. The molecule has 5 rings (SSSR count). The summed E-state index contributed by atoms with van der Waals surface area (Å²) in [4.78, 5) is 12.2. The first-order chi connectivity index (χ1) is 13.2. The van der Waals surface area contributed by atoms with E-state index >= 15 is 0 Å². The molecule has 0 N–H and O–H groups in total. The molecular formula is C21H17ClO5. The van der Waals surface area contributed by atoms with Crippen LogP contribution in [-0.4, -0.2) is 6.79 Å². The van der Waals surface area contributed by atoms with Gasteiger partial charge < -0.3 is 18.6 Å². The maximum atomic E-state index is 12.2. The Labute approximate surface area is 160 Å². The molecule has 2 heterocycles. The van der Waals surface area contributed by atoms with E-state index in [9.17, 15) is 4.79 Å². The van der Waals surface area contributed by atoms with Crippen LogP contribution in [0.25, 0.3) is 11.0 Å². The van der Waals surface area contributed by atoms with Gasteiger partial charge in [0.1, 0.15) is 23.7 Å². The Bertz CT molecular complexity index is 1100. The van der Waals surface area contributed by atoms with Crippen LogP contribution in [0, 0.1) is 0 Å². The van der Waals surface area contributed by atoms with E-state index in [4.69, 9.17) is 30.2 Å². The highest BCUT2D eigenvalue weighted by Gasteiger charge is 2.20. The lowest BCUT2D eigenvalue weighted by atomic mass is 10.1. The van der Waals surface area contributed by atoms with E-state index in [-0.39, 0.29) is 12.4 Å². The van der Waals surface area contributed by atoms with Crippen molar-refractivity contribution in [1.82, 2.24) is 0 Å². The minimum atomic E-state index is -0.232. The fraction of sp³-hybridized carbons (Fsp3) is 0.286. The van der Waals surface area contributed by atoms with Gasteiger partial charge in [-0.3, -0.25) is 0 Å². The van der Waals surface area contributed by atoms with Gasteiger partial charge >= 0.3 is 5.63 Å². The molecule has 2 aromatic carbocycles. The third-order valence-corrected chi connectivity index (χ3v) is 5.31. The molecule has 0 spiro atoms. The molecule has 0 unspecified atom stereocenters. The Balaban J connectivity index is 1.45. The third-order valence-electron chi connectivity index (χ3n) is 5.09. The topological polar surface area (TPSA) is 57.9 Å². The van der Waals surface area contributed by atoms with Crippen molar-refractivity contribution in [2.45, 2.75) is 32.5 Å². The summed E-state index contributed by atoms with van der Waals surface area (Å²) in [5, 5.41) is 1.61. The van der Waals surface area contributed by atoms with Gasteiger partial charge in [-0.1, -0.05) is 11.6 Å². The average Bonchev–Trinajstić information content (AvgIpc) is 3.16. The van der Waals surface area contributed by atoms with Gasteiger partial charge in [-0.05, 0) is 49.1 Å². The van der Waals surface area contributed by atoms with Crippen LogP contribution in [0.3, 0.4) is 0 Å². The number of rotatable bonds is 3. The van der Waals surface area contributed by atoms with Gasteiger partial charge in [0.25, 0.3) is 0 Å². The summed E-state index contributed by atoms with van der Waals surface area (Å²) in [6.45, 7) is 0.979. The molecular weight excluding hydrogens is 368 g/mol. The lowest BCUT2D eigenvalue weighted by Crippen LogP contribution is -2.14. The second kappa shape index (κ2) is 6.59. The maximum absolute atomic E-state index is 12.2. The molecule has 0 bridgehead atoms. The molecule has 6 heteroatoms. The fourth-order valence-corrected chi connectivity index (χ4v) is 4.14. The Morgan fingerprint density at radius 3 is 2.93 bits per heavy atom. The Morgan fingerprint density at radius 1 is 1.11 bits per heavy atom. The maximum Gasteiger partial charge on any atom is 0.339 e. The molecule has 1 aliphatic heterocycles. The van der Waals surface area contributed by atoms with Crippen LogP contribution in [-0.2, 0) is 30.8 Å². The van der Waals surface area contributed by atoms with Crippen LogP contribution in [0.4, 0.5) is 0 Å². The van der Waals surface area contributed by atoms with Crippen LogP contribution < -0.4 is 15.1 Å². The van der Waals surface area contributed by atoms with Crippen LogP contribution in [0.2, 0.25) is 5.02 Å². The van der Waals surface area contributed by atoms with Gasteiger partial charge in [0.05, 0.1) is 6.61 Å². The van der Waals surface area contributed by atoms with Crippen LogP contribution in [0.1, 0.15) is 28.7 Å². The van der Waals surface area contributed by atoms with Gasteiger partial charge in [-0.25, -0.2) is 4.79 Å². The van der Waals surface area contributed by atoms with E-state index in [0.717, 1.165) is 52.7 Å². The Hall–Kier alpha value is -2.50. The first-order valence-electron chi connectivity index (χ1n) is 8.92. The largest absolute Gasteiger partial charge is 0.489 e. The lowest BCUT2D eigenvalue weighted by Gasteiger charge is -2.21. The summed E-state index contributed by atoms with van der Waals surface area (Å²) in [5.41, 5.74) is 4.04. The van der Waals surface area contributed by atoms with Gasteiger partial charge in [-0.2, -0.15) is 0 Å². The van der Waals surface area contributed by atoms with Crippen LogP contribution in [0.15, 0.2) is 39.5 Å². The molecule has 1 aromatic heterocycles. The highest BCUT2D eigenvalue weighted by atomic mass is 35.5. The first-order valence-corrected chi connectivity index (χ1v) is 9.30. The first kappa shape index (κ1) is 16.7. The van der Waals surface area contributed by atoms with Crippen molar-refractivity contribution < 1.29 is 18.6 Å². The van der Waals surface area contributed by atoms with Crippen LogP contribution >= 0.6 is 11.6 Å². The fourth-order valence-electron chi connectivity index (χ4n) is 3.88. The minimum Gasteiger partial charge on any atom is -0.489 e. The zero-order valence-corrected chi connectivity index (χ0v) is 15.3. The molecule has 27 heavy (non-hydrogen) atoms. The summed E-state index contributed by atoms with van der Waals surface area (Å²) in [6.07, 6.45) is 2.72. The van der Waals surface area contributed by atoms with E-state index < -0.39 is 0 Å². The number of hydrogen-bond donors (Lipinski definition) is 0. The third kappa shape index (κ3) is 2.97. The molecule has 5 nitrogen and oxygen atoms in total. The standard InChI is InChI=1S/C21H17ClO5/c22-14-6-12-9-24-11-26-20(12)13(7-14)10-25-15-4-5-17-16-2-1-3-18(16)21(23)27-19(17)8-15/h4-8H,1-3,9-11H2. The summed E-state index contributed by atoms with van der Waals surface area (Å²) >= 11 is 6.20. The van der Waals surface area contributed by atoms with E-state index in [1.165, 1.54) is 0 Å². The van der Waals surface area contributed by atoms with E-state index in [0.29, 0.717) is 29.6 Å². The van der Waals surface area contributed by atoms with E-state index in [2.05, 4.69) is 0 Å². The second-order valence-electron chi connectivity index (χ2n) is 6.81. The highest BCUT2D eigenvalue weighted by molar-refractivity contribution is 6.30. The van der Waals surface area contributed by atoms with Crippen molar-refractivity contribution in [1.29, 1.82) is 0 Å². The van der Waals surface area contributed by atoms with E-state index in [1.807, 2.05) is 24.3 Å². The summed E-state index contributed by atoms with van der Waals surface area (Å²) in [6, 6.07) is 9.32. The quantitative estimate of drug-likeness (QED) is 0.627. The normalized spacial score (nSPS) is 15.3. The van der Waals surface area contributed by atoms with Gasteiger partial charge in [-0.15, -0.1) is 0 Å². The number of hydrogen-bond acceptors (Lipinski definition) is 5. The highest BCUT2D eigenvalue weighted by Crippen LogP contribution is 2.33. The molecule has 138 valence electrons. The second-order valence-corrected chi connectivity index (χ2v) is 7.25. The van der Waals surface area contributed by atoms with Crippen LogP contribution in [0.5, 0.6) is 11.5 Å². The average molecular weight is 385 g/mol. The zero-order valence-electron chi connectivity index (χ0n) is 14.5. The molecule has 0 radical (unpaired) electrons. The molecule has 0 amide bonds. The molecule has 3 aromatic rings. The van der Waals surface area contributed by atoms with Gasteiger partial charge in [0.15, 0.2) is 6.79 Å². The van der Waals surface area contributed by atoms with Crippen molar-refractivity contribution >= 4 is 22.6 Å². The molecule has 2 aliphatic rings. The number of ether oxygens (including phenoxy) is 3. The number of halogens is 1. The Morgan fingerprint density at radius 2 is 2.00 bits per heavy atom. The van der Waals surface area contributed by atoms with Crippen molar-refractivity contribution in [3.63, 3.8) is 0 Å². The smallest absolute Gasteiger partial charge is 0.339 e. The lowest BCUT2D eigenvalue weighted by molar-refractivity contribution is -0.0175. The molecule has 0 saturated heterocycles. The SMILES string of the molecule is O=c1oc2cc(OCc3cc(Cl)cc4c3OCOC4)ccc2c2c1CCC2. The summed E-state index contributed by atoms with van der Waals surface area (Å²) in [7, 11) is 0. The molecule has 0 fully saturated rings. The zero-order chi connectivity index (χ0) is 18.4. The van der Waals surface area contributed by atoms with Gasteiger partial charge in [0.2, 0.25) is 0 Å². The van der Waals surface area contributed by atoms with Gasteiger partial charge in [0, 0.05) is 33.2 Å². The van der Waals surface area contributed by atoms with Crippen molar-refractivity contribution in [3.8, 4) is 11.5 Å². The molecule has 1 aliphatic carbocycles. The van der Waals surface area contributed by atoms with Crippen molar-refractivity contribution in [2.24, 2.45) is 0 Å². The van der Waals surface area contributed by atoms with Crippen molar-refractivity contribution in [3.05, 3.63) is 68.0 Å². The molecule has 0 atom stereocenters.